The minimum absolute atomic E-state index is 0.00214. The summed E-state index contributed by atoms with van der Waals surface area (Å²) in [5.41, 5.74) is 2.14. The molecule has 0 heterocycles. The van der Waals surface area contributed by atoms with E-state index in [0.29, 0.717) is 17.9 Å². The number of rotatable bonds is 6. The third-order valence-electron chi connectivity index (χ3n) is 2.99. The molecule has 0 saturated carbocycles. The summed E-state index contributed by atoms with van der Waals surface area (Å²) in [4.78, 5) is 11.3. The van der Waals surface area contributed by atoms with Crippen LogP contribution in [0.5, 0.6) is 11.5 Å². The zero-order valence-electron chi connectivity index (χ0n) is 11.7. The normalized spacial score (nSPS) is 12.1. The van der Waals surface area contributed by atoms with Crippen molar-refractivity contribution in [2.75, 3.05) is 21.3 Å². The molecule has 1 atom stereocenters. The Hall–Kier alpha value is -1.55. The highest BCUT2D eigenvalue weighted by atomic mass is 16.5. The lowest BCUT2D eigenvalue weighted by atomic mass is 9.96. The first-order valence-electron chi connectivity index (χ1n) is 5.92. The number of hydrogen-bond acceptors (Lipinski definition) is 4. The predicted octanol–water partition coefficient (Wildman–Crippen LogP) is 2.25. The molecule has 0 bridgehead atoms. The van der Waals surface area contributed by atoms with E-state index in [1.807, 2.05) is 26.1 Å². The molecular weight excluding hydrogens is 230 g/mol. The van der Waals surface area contributed by atoms with E-state index in [2.05, 4.69) is 5.32 Å². The number of Topliss-reactive ketones (excluding diaryl/α,β-unsaturated/α-hetero) is 1. The molecular formula is C14H21NO3. The molecule has 0 aliphatic heterocycles. The van der Waals surface area contributed by atoms with E-state index in [-0.39, 0.29) is 11.8 Å². The van der Waals surface area contributed by atoms with E-state index in [1.54, 1.807) is 21.1 Å². The first kappa shape index (κ1) is 14.5. The zero-order chi connectivity index (χ0) is 13.7. The number of methoxy groups -OCH3 is 2. The molecule has 0 aliphatic carbocycles. The maximum absolute atomic E-state index is 11.3. The van der Waals surface area contributed by atoms with Gasteiger partial charge in [0.25, 0.3) is 0 Å². The van der Waals surface area contributed by atoms with Gasteiger partial charge in [0.15, 0.2) is 11.5 Å². The van der Waals surface area contributed by atoms with Crippen LogP contribution in [0.15, 0.2) is 12.1 Å². The van der Waals surface area contributed by atoms with E-state index in [9.17, 15) is 4.79 Å². The Balaban J connectivity index is 3.18. The molecule has 0 aliphatic rings. The second-order valence-corrected chi connectivity index (χ2v) is 4.31. The minimum atomic E-state index is 0.00214. The van der Waals surface area contributed by atoms with E-state index < -0.39 is 0 Å². The standard InChI is InChI=1S/C14H21NO3/c1-9-6-13(17-4)14(18-5)8-11(9)12(15-3)7-10(2)16/h6,8,12,15H,7H2,1-5H3. The monoisotopic (exact) mass is 251 g/mol. The fourth-order valence-corrected chi connectivity index (χ4v) is 2.03. The molecule has 0 amide bonds. The summed E-state index contributed by atoms with van der Waals surface area (Å²) in [6.45, 7) is 3.60. The van der Waals surface area contributed by atoms with Gasteiger partial charge >= 0.3 is 0 Å². The smallest absolute Gasteiger partial charge is 0.161 e. The van der Waals surface area contributed by atoms with Crippen molar-refractivity contribution in [2.24, 2.45) is 0 Å². The van der Waals surface area contributed by atoms with Crippen molar-refractivity contribution >= 4 is 5.78 Å². The Morgan fingerprint density at radius 1 is 1.28 bits per heavy atom. The van der Waals surface area contributed by atoms with Crippen molar-refractivity contribution in [1.82, 2.24) is 5.32 Å². The van der Waals surface area contributed by atoms with Gasteiger partial charge < -0.3 is 14.8 Å². The molecule has 1 aromatic rings. The van der Waals surface area contributed by atoms with Gasteiger partial charge in [0.2, 0.25) is 0 Å². The molecule has 0 fully saturated rings. The number of ketones is 1. The summed E-state index contributed by atoms with van der Waals surface area (Å²) in [5.74, 6) is 1.54. The van der Waals surface area contributed by atoms with Gasteiger partial charge in [-0.2, -0.15) is 0 Å². The number of carbonyl (C=O) groups is 1. The number of ether oxygens (including phenoxy) is 2. The van der Waals surface area contributed by atoms with Gasteiger partial charge in [-0.3, -0.25) is 4.79 Å². The molecule has 1 unspecified atom stereocenters. The first-order chi connectivity index (χ1) is 8.53. The van der Waals surface area contributed by atoms with Crippen LogP contribution >= 0.6 is 0 Å². The fourth-order valence-electron chi connectivity index (χ4n) is 2.03. The van der Waals surface area contributed by atoms with E-state index in [1.165, 1.54) is 0 Å². The van der Waals surface area contributed by atoms with Crippen molar-refractivity contribution in [3.8, 4) is 11.5 Å². The highest BCUT2D eigenvalue weighted by molar-refractivity contribution is 5.76. The van der Waals surface area contributed by atoms with Crippen LogP contribution in [-0.2, 0) is 4.79 Å². The molecule has 4 heteroatoms. The largest absolute Gasteiger partial charge is 0.493 e. The molecule has 4 nitrogen and oxygen atoms in total. The minimum Gasteiger partial charge on any atom is -0.493 e. The average Bonchev–Trinajstić information content (AvgIpc) is 2.35. The van der Waals surface area contributed by atoms with Crippen LogP contribution in [0.1, 0.15) is 30.5 Å². The molecule has 1 N–H and O–H groups in total. The Morgan fingerprint density at radius 2 is 1.83 bits per heavy atom. The highest BCUT2D eigenvalue weighted by Crippen LogP contribution is 2.33. The van der Waals surface area contributed by atoms with Gasteiger partial charge in [-0.05, 0) is 44.2 Å². The SMILES string of the molecule is CNC(CC(C)=O)c1cc(OC)c(OC)cc1C. The van der Waals surface area contributed by atoms with Crippen LogP contribution in [-0.4, -0.2) is 27.1 Å². The lowest BCUT2D eigenvalue weighted by Gasteiger charge is -2.20. The van der Waals surface area contributed by atoms with Crippen LogP contribution in [0.4, 0.5) is 0 Å². The third kappa shape index (κ3) is 3.23. The molecule has 0 radical (unpaired) electrons. The maximum Gasteiger partial charge on any atom is 0.161 e. The van der Waals surface area contributed by atoms with E-state index in [4.69, 9.17) is 9.47 Å². The van der Waals surface area contributed by atoms with E-state index in [0.717, 1.165) is 11.1 Å². The van der Waals surface area contributed by atoms with Crippen LogP contribution in [0.25, 0.3) is 0 Å². The summed E-state index contributed by atoms with van der Waals surface area (Å²) in [6, 6.07) is 3.86. The summed E-state index contributed by atoms with van der Waals surface area (Å²) >= 11 is 0. The van der Waals surface area contributed by atoms with Gasteiger partial charge in [0, 0.05) is 12.5 Å². The summed E-state index contributed by atoms with van der Waals surface area (Å²) < 4.78 is 10.5. The van der Waals surface area contributed by atoms with Crippen molar-refractivity contribution in [2.45, 2.75) is 26.3 Å². The zero-order valence-corrected chi connectivity index (χ0v) is 11.7. The van der Waals surface area contributed by atoms with E-state index >= 15 is 0 Å². The molecule has 0 aromatic heterocycles. The summed E-state index contributed by atoms with van der Waals surface area (Å²) in [7, 11) is 5.07. The molecule has 0 spiro atoms. The lowest BCUT2D eigenvalue weighted by Crippen LogP contribution is -2.20. The Kier molecular flexibility index (Phi) is 5.16. The number of nitrogens with one attached hydrogen (secondary N) is 1. The predicted molar refractivity (Wildman–Crippen MR) is 71.4 cm³/mol. The second-order valence-electron chi connectivity index (χ2n) is 4.31. The number of hydrogen-bond donors (Lipinski definition) is 1. The maximum atomic E-state index is 11.3. The van der Waals surface area contributed by atoms with Crippen molar-refractivity contribution in [1.29, 1.82) is 0 Å². The van der Waals surface area contributed by atoms with Crippen LogP contribution in [0.2, 0.25) is 0 Å². The Morgan fingerprint density at radius 3 is 2.28 bits per heavy atom. The van der Waals surface area contributed by atoms with Gasteiger partial charge in [0.1, 0.15) is 5.78 Å². The first-order valence-corrected chi connectivity index (χ1v) is 5.92. The number of aryl methyl sites for hydroxylation is 1. The van der Waals surface area contributed by atoms with Crippen LogP contribution < -0.4 is 14.8 Å². The molecule has 18 heavy (non-hydrogen) atoms. The Bertz CT molecular complexity index is 429. The average molecular weight is 251 g/mol. The molecule has 1 aromatic carbocycles. The van der Waals surface area contributed by atoms with Gasteiger partial charge in [-0.25, -0.2) is 0 Å². The number of benzene rings is 1. The van der Waals surface area contributed by atoms with Gasteiger partial charge in [0.05, 0.1) is 14.2 Å². The quantitative estimate of drug-likeness (QED) is 0.842. The van der Waals surface area contributed by atoms with Crippen molar-refractivity contribution in [3.05, 3.63) is 23.3 Å². The van der Waals surface area contributed by atoms with Crippen LogP contribution in [0, 0.1) is 6.92 Å². The van der Waals surface area contributed by atoms with Crippen LogP contribution in [0.3, 0.4) is 0 Å². The number of carbonyl (C=O) groups excluding carboxylic acids is 1. The molecule has 1 rings (SSSR count). The molecule has 0 saturated heterocycles. The van der Waals surface area contributed by atoms with Crippen molar-refractivity contribution in [3.63, 3.8) is 0 Å². The third-order valence-corrected chi connectivity index (χ3v) is 2.99. The Labute approximate surface area is 108 Å². The lowest BCUT2D eigenvalue weighted by molar-refractivity contribution is -0.117. The molecule has 100 valence electrons. The second kappa shape index (κ2) is 6.40. The highest BCUT2D eigenvalue weighted by Gasteiger charge is 2.17. The fraction of sp³-hybridized carbons (Fsp3) is 0.500. The summed E-state index contributed by atoms with van der Waals surface area (Å²) in [6.07, 6.45) is 0.465. The summed E-state index contributed by atoms with van der Waals surface area (Å²) in [5, 5.41) is 3.16. The van der Waals surface area contributed by atoms with Gasteiger partial charge in [-0.1, -0.05) is 0 Å². The topological polar surface area (TPSA) is 47.6 Å². The van der Waals surface area contributed by atoms with Crippen molar-refractivity contribution < 1.29 is 14.3 Å². The van der Waals surface area contributed by atoms with Gasteiger partial charge in [-0.15, -0.1) is 0 Å².